The SMILES string of the molecule is COc1cc2cc(-c3ccccc3)n(Cc3cccc(C(N)=NO)n3)c2cc1F. The quantitative estimate of drug-likeness (QED) is 0.233. The Morgan fingerprint density at radius 1 is 1.14 bits per heavy atom. The molecule has 0 atom stereocenters. The molecule has 0 fully saturated rings. The Morgan fingerprint density at radius 3 is 2.66 bits per heavy atom. The fraction of sp³-hybridized carbons (Fsp3) is 0.0909. The van der Waals surface area contributed by atoms with E-state index in [4.69, 9.17) is 15.7 Å². The number of nitrogens with two attached hydrogens (primary N) is 1. The number of rotatable bonds is 5. The van der Waals surface area contributed by atoms with Crippen LogP contribution in [0.25, 0.3) is 22.2 Å². The van der Waals surface area contributed by atoms with Crippen LogP contribution in [0.5, 0.6) is 5.75 Å². The summed E-state index contributed by atoms with van der Waals surface area (Å²) in [6.07, 6.45) is 0. The predicted molar refractivity (Wildman–Crippen MR) is 110 cm³/mol. The highest BCUT2D eigenvalue weighted by atomic mass is 19.1. The molecule has 0 amide bonds. The van der Waals surface area contributed by atoms with Gasteiger partial charge in [0.25, 0.3) is 0 Å². The maximum absolute atomic E-state index is 14.5. The Morgan fingerprint density at radius 2 is 1.93 bits per heavy atom. The van der Waals surface area contributed by atoms with Crippen molar-refractivity contribution >= 4 is 16.7 Å². The van der Waals surface area contributed by atoms with Gasteiger partial charge in [-0.25, -0.2) is 9.37 Å². The number of benzene rings is 2. The zero-order chi connectivity index (χ0) is 20.4. The molecule has 146 valence electrons. The number of nitrogens with zero attached hydrogens (tertiary/aromatic N) is 3. The van der Waals surface area contributed by atoms with Crippen LogP contribution in [0.15, 0.2) is 71.9 Å². The molecular formula is C22H19FN4O2. The highest BCUT2D eigenvalue weighted by Crippen LogP contribution is 2.32. The van der Waals surface area contributed by atoms with Gasteiger partial charge in [0.15, 0.2) is 17.4 Å². The van der Waals surface area contributed by atoms with Crippen molar-refractivity contribution < 1.29 is 14.3 Å². The molecule has 0 aliphatic heterocycles. The lowest BCUT2D eigenvalue weighted by Crippen LogP contribution is -2.16. The largest absolute Gasteiger partial charge is 0.494 e. The van der Waals surface area contributed by atoms with E-state index in [0.717, 1.165) is 22.2 Å². The van der Waals surface area contributed by atoms with Crippen molar-refractivity contribution in [1.82, 2.24) is 9.55 Å². The third kappa shape index (κ3) is 3.50. The van der Waals surface area contributed by atoms with Crippen molar-refractivity contribution in [3.8, 4) is 17.0 Å². The van der Waals surface area contributed by atoms with E-state index in [1.54, 1.807) is 18.2 Å². The maximum Gasteiger partial charge on any atom is 0.188 e. The number of halogens is 1. The molecule has 4 aromatic rings. The minimum atomic E-state index is -0.433. The van der Waals surface area contributed by atoms with Crippen LogP contribution >= 0.6 is 0 Å². The summed E-state index contributed by atoms with van der Waals surface area (Å²) < 4.78 is 21.6. The van der Waals surface area contributed by atoms with E-state index in [1.807, 2.05) is 47.0 Å². The number of ether oxygens (including phenoxy) is 1. The monoisotopic (exact) mass is 390 g/mol. The molecule has 0 aliphatic rings. The van der Waals surface area contributed by atoms with Crippen LogP contribution in [0.1, 0.15) is 11.4 Å². The second kappa shape index (κ2) is 7.63. The molecule has 29 heavy (non-hydrogen) atoms. The number of pyridine rings is 1. The Kier molecular flexibility index (Phi) is 4.87. The molecule has 4 rings (SSSR count). The van der Waals surface area contributed by atoms with E-state index in [9.17, 15) is 4.39 Å². The summed E-state index contributed by atoms with van der Waals surface area (Å²) in [5.74, 6) is -0.304. The van der Waals surface area contributed by atoms with E-state index in [2.05, 4.69) is 10.1 Å². The fourth-order valence-electron chi connectivity index (χ4n) is 3.36. The first-order valence-electron chi connectivity index (χ1n) is 8.96. The number of hydrogen-bond acceptors (Lipinski definition) is 4. The molecular weight excluding hydrogens is 371 g/mol. The molecule has 0 saturated carbocycles. The van der Waals surface area contributed by atoms with E-state index in [1.165, 1.54) is 13.2 Å². The van der Waals surface area contributed by atoms with Gasteiger partial charge in [-0.2, -0.15) is 0 Å². The first-order valence-corrected chi connectivity index (χ1v) is 8.96. The molecule has 0 saturated heterocycles. The van der Waals surface area contributed by atoms with E-state index in [0.29, 0.717) is 17.9 Å². The average Bonchev–Trinajstić information content (AvgIpc) is 3.10. The molecule has 3 N–H and O–H groups in total. The van der Waals surface area contributed by atoms with Gasteiger partial charge < -0.3 is 20.2 Å². The first kappa shape index (κ1) is 18.5. The molecule has 2 heterocycles. The highest BCUT2D eigenvalue weighted by molar-refractivity contribution is 5.95. The topological polar surface area (TPSA) is 85.7 Å². The number of oxime groups is 1. The summed E-state index contributed by atoms with van der Waals surface area (Å²) in [6, 6.07) is 20.3. The highest BCUT2D eigenvalue weighted by Gasteiger charge is 2.15. The Balaban J connectivity index is 1.89. The fourth-order valence-corrected chi connectivity index (χ4v) is 3.36. The second-order valence-corrected chi connectivity index (χ2v) is 6.53. The standard InChI is InChI=1S/C22H19FN4O2/c1-29-21-11-15-10-19(14-6-3-2-4-7-14)27(20(15)12-17(21)23)13-16-8-5-9-18(25-16)22(24)26-28/h2-12,28H,13H2,1H3,(H2,24,26). The molecule has 0 radical (unpaired) electrons. The number of methoxy groups -OCH3 is 1. The zero-order valence-corrected chi connectivity index (χ0v) is 15.7. The third-order valence-corrected chi connectivity index (χ3v) is 4.74. The van der Waals surface area contributed by atoms with E-state index in [-0.39, 0.29) is 11.6 Å². The lowest BCUT2D eigenvalue weighted by Gasteiger charge is -2.12. The van der Waals surface area contributed by atoms with Gasteiger partial charge >= 0.3 is 0 Å². The molecule has 7 heteroatoms. The van der Waals surface area contributed by atoms with Crippen LogP contribution < -0.4 is 10.5 Å². The van der Waals surface area contributed by atoms with Gasteiger partial charge in [0.2, 0.25) is 0 Å². The van der Waals surface area contributed by atoms with Gasteiger partial charge in [0.1, 0.15) is 5.69 Å². The first-order chi connectivity index (χ1) is 14.1. The number of fused-ring (bicyclic) bond motifs is 1. The second-order valence-electron chi connectivity index (χ2n) is 6.53. The minimum absolute atomic E-state index is 0.0664. The van der Waals surface area contributed by atoms with Crippen molar-refractivity contribution in [2.75, 3.05) is 7.11 Å². The van der Waals surface area contributed by atoms with E-state index >= 15 is 0 Å². The van der Waals surface area contributed by atoms with Gasteiger partial charge in [-0.1, -0.05) is 41.6 Å². The summed E-state index contributed by atoms with van der Waals surface area (Å²) in [5.41, 5.74) is 9.37. The zero-order valence-electron chi connectivity index (χ0n) is 15.7. The van der Waals surface area contributed by atoms with Gasteiger partial charge in [-0.15, -0.1) is 0 Å². The van der Waals surface area contributed by atoms with Crippen LogP contribution in [0, 0.1) is 5.82 Å². The smallest absolute Gasteiger partial charge is 0.188 e. The lowest BCUT2D eigenvalue weighted by molar-refractivity contribution is 0.318. The molecule has 2 aromatic carbocycles. The van der Waals surface area contributed by atoms with Crippen LogP contribution in [0.4, 0.5) is 4.39 Å². The van der Waals surface area contributed by atoms with Crippen molar-refractivity contribution in [2.45, 2.75) is 6.54 Å². The summed E-state index contributed by atoms with van der Waals surface area (Å²) >= 11 is 0. The van der Waals surface area contributed by atoms with Crippen molar-refractivity contribution in [3.63, 3.8) is 0 Å². The number of amidine groups is 1. The van der Waals surface area contributed by atoms with Crippen LogP contribution in [0.3, 0.4) is 0 Å². The van der Waals surface area contributed by atoms with Crippen molar-refractivity contribution in [1.29, 1.82) is 0 Å². The maximum atomic E-state index is 14.5. The van der Waals surface area contributed by atoms with Crippen LogP contribution in [0.2, 0.25) is 0 Å². The van der Waals surface area contributed by atoms with Gasteiger partial charge in [0.05, 0.1) is 24.9 Å². The Bertz CT molecular complexity index is 1200. The molecule has 2 aromatic heterocycles. The van der Waals surface area contributed by atoms with Crippen LogP contribution in [-0.4, -0.2) is 27.7 Å². The molecule has 0 aliphatic carbocycles. The number of aromatic nitrogens is 2. The number of hydrogen-bond donors (Lipinski definition) is 2. The summed E-state index contributed by atoms with van der Waals surface area (Å²) in [6.45, 7) is 0.381. The van der Waals surface area contributed by atoms with Gasteiger partial charge in [0, 0.05) is 17.1 Å². The average molecular weight is 390 g/mol. The van der Waals surface area contributed by atoms with E-state index < -0.39 is 5.82 Å². The third-order valence-electron chi connectivity index (χ3n) is 4.74. The van der Waals surface area contributed by atoms with Crippen LogP contribution in [-0.2, 0) is 6.54 Å². The Hall–Kier alpha value is -3.87. The normalized spacial score (nSPS) is 11.7. The summed E-state index contributed by atoms with van der Waals surface area (Å²) in [5, 5.41) is 12.8. The predicted octanol–water partition coefficient (Wildman–Crippen LogP) is 3.99. The van der Waals surface area contributed by atoms with Gasteiger partial charge in [-0.05, 0) is 29.8 Å². The molecule has 0 unspecified atom stereocenters. The molecule has 0 spiro atoms. The van der Waals surface area contributed by atoms with Gasteiger partial charge in [-0.3, -0.25) is 0 Å². The summed E-state index contributed by atoms with van der Waals surface area (Å²) in [7, 11) is 1.45. The summed E-state index contributed by atoms with van der Waals surface area (Å²) in [4.78, 5) is 4.46. The molecule has 0 bridgehead atoms. The molecule has 6 nitrogen and oxygen atoms in total. The Labute approximate surface area is 166 Å². The van der Waals surface area contributed by atoms with Crippen molar-refractivity contribution in [2.24, 2.45) is 10.9 Å². The minimum Gasteiger partial charge on any atom is -0.494 e. The van der Waals surface area contributed by atoms with Crippen molar-refractivity contribution in [3.05, 3.63) is 83.9 Å². The lowest BCUT2D eigenvalue weighted by atomic mass is 10.1.